The number of nitrogens with one attached hydrogen (secondary N) is 2. The van der Waals surface area contributed by atoms with E-state index in [1.807, 2.05) is 6.92 Å². The van der Waals surface area contributed by atoms with Crippen LogP contribution in [0.1, 0.15) is 24.0 Å². The summed E-state index contributed by atoms with van der Waals surface area (Å²) in [6, 6.07) is 11.2. The van der Waals surface area contributed by atoms with Gasteiger partial charge in [0.25, 0.3) is 5.56 Å². The number of pyridine rings is 2. The number of rotatable bonds is 4. The van der Waals surface area contributed by atoms with Gasteiger partial charge in [-0.3, -0.25) is 9.59 Å². The second-order valence-corrected chi connectivity index (χ2v) is 7.69. The lowest BCUT2D eigenvalue weighted by Crippen LogP contribution is -2.28. The molecule has 5 rings (SSSR count). The Hall–Kier alpha value is -3.75. The summed E-state index contributed by atoms with van der Waals surface area (Å²) in [4.78, 5) is 32.2. The van der Waals surface area contributed by atoms with Crippen molar-refractivity contribution in [2.75, 3.05) is 5.32 Å². The third-order valence-corrected chi connectivity index (χ3v) is 5.44. The molecule has 1 aliphatic carbocycles. The summed E-state index contributed by atoms with van der Waals surface area (Å²) >= 11 is 0. The number of alkyl halides is 2. The van der Waals surface area contributed by atoms with Crippen molar-refractivity contribution in [3.63, 3.8) is 0 Å². The Balaban J connectivity index is 1.42. The zero-order valence-corrected chi connectivity index (χ0v) is 16.4. The van der Waals surface area contributed by atoms with Crippen molar-refractivity contribution < 1.29 is 23.0 Å². The van der Waals surface area contributed by atoms with E-state index in [9.17, 15) is 18.4 Å². The summed E-state index contributed by atoms with van der Waals surface area (Å²) in [5.74, 6) is -0.158. The minimum absolute atomic E-state index is 0.0666. The standard InChI is InChI=1S/C22H17F2N3O4/c1-12-9-15(14-3-2-8-25-19(14)28)26-18(10-12)27-20(29)21(6-7-21)13-4-5-16-17(11-13)31-22(23,24)30-16/h2-5,8-11H,6-7H2,1H3,(H,25,28)(H,26,27,29). The van der Waals surface area contributed by atoms with E-state index in [0.29, 0.717) is 35.5 Å². The Morgan fingerprint density at radius 2 is 1.90 bits per heavy atom. The lowest BCUT2D eigenvalue weighted by atomic mass is 9.94. The quantitative estimate of drug-likeness (QED) is 0.664. The lowest BCUT2D eigenvalue weighted by Gasteiger charge is -2.16. The molecule has 0 atom stereocenters. The first-order chi connectivity index (χ1) is 14.8. The van der Waals surface area contributed by atoms with Crippen LogP contribution in [0.25, 0.3) is 11.3 Å². The topological polar surface area (TPSA) is 93.3 Å². The molecule has 1 aliphatic heterocycles. The molecule has 7 nitrogen and oxygen atoms in total. The Morgan fingerprint density at radius 1 is 1.13 bits per heavy atom. The molecule has 0 bridgehead atoms. The van der Waals surface area contributed by atoms with Crippen molar-refractivity contribution in [2.45, 2.75) is 31.5 Å². The first-order valence-corrected chi connectivity index (χ1v) is 9.64. The number of hydrogen-bond donors (Lipinski definition) is 2. The SMILES string of the molecule is Cc1cc(NC(=O)C2(c3ccc4c(c3)OC(F)(F)O4)CC2)nc(-c2ccc[nH]c2=O)c1. The van der Waals surface area contributed by atoms with Crippen molar-refractivity contribution in [3.8, 4) is 22.8 Å². The number of H-pyrrole nitrogens is 1. The van der Waals surface area contributed by atoms with Crippen molar-refractivity contribution >= 4 is 11.7 Å². The van der Waals surface area contributed by atoms with Gasteiger partial charge in [-0.2, -0.15) is 0 Å². The molecule has 2 aromatic heterocycles. The van der Waals surface area contributed by atoms with Gasteiger partial charge in [0.15, 0.2) is 11.5 Å². The molecule has 3 heterocycles. The number of aryl methyl sites for hydroxylation is 1. The molecule has 31 heavy (non-hydrogen) atoms. The van der Waals surface area contributed by atoms with Crippen LogP contribution >= 0.6 is 0 Å². The van der Waals surface area contributed by atoms with E-state index in [0.717, 1.165) is 5.56 Å². The highest BCUT2D eigenvalue weighted by molar-refractivity contribution is 6.01. The third kappa shape index (κ3) is 3.41. The number of nitrogens with zero attached hydrogens (tertiary/aromatic N) is 1. The van der Waals surface area contributed by atoms with Crippen molar-refractivity contribution in [2.24, 2.45) is 0 Å². The molecular formula is C22H17F2N3O4. The third-order valence-electron chi connectivity index (χ3n) is 5.44. The lowest BCUT2D eigenvalue weighted by molar-refractivity contribution is -0.286. The van der Waals surface area contributed by atoms with Gasteiger partial charge >= 0.3 is 6.29 Å². The predicted molar refractivity (Wildman–Crippen MR) is 107 cm³/mol. The second-order valence-electron chi connectivity index (χ2n) is 7.69. The number of carbonyl (C=O) groups is 1. The zero-order chi connectivity index (χ0) is 21.8. The van der Waals surface area contributed by atoms with E-state index >= 15 is 0 Å². The van der Waals surface area contributed by atoms with Crippen molar-refractivity contribution in [1.82, 2.24) is 9.97 Å². The van der Waals surface area contributed by atoms with E-state index in [4.69, 9.17) is 0 Å². The highest BCUT2D eigenvalue weighted by Crippen LogP contribution is 2.52. The number of halogens is 2. The van der Waals surface area contributed by atoms with Crippen LogP contribution in [0.15, 0.2) is 53.5 Å². The maximum absolute atomic E-state index is 13.3. The molecule has 2 aliphatic rings. The Labute approximate surface area is 175 Å². The summed E-state index contributed by atoms with van der Waals surface area (Å²) in [5, 5.41) is 2.82. The number of benzene rings is 1. The highest BCUT2D eigenvalue weighted by atomic mass is 19.3. The van der Waals surface area contributed by atoms with Crippen LogP contribution in [0.2, 0.25) is 0 Å². The average molecular weight is 425 g/mol. The van der Waals surface area contributed by atoms with Crippen LogP contribution in [0.5, 0.6) is 11.5 Å². The number of aromatic nitrogens is 2. The van der Waals surface area contributed by atoms with E-state index in [1.165, 1.54) is 18.3 Å². The molecular weight excluding hydrogens is 408 g/mol. The number of amides is 1. The van der Waals surface area contributed by atoms with Crippen molar-refractivity contribution in [3.05, 3.63) is 70.1 Å². The van der Waals surface area contributed by atoms with Crippen LogP contribution in [0, 0.1) is 6.92 Å². The number of aromatic amines is 1. The first-order valence-electron chi connectivity index (χ1n) is 9.64. The number of hydrogen-bond acceptors (Lipinski definition) is 5. The Bertz CT molecular complexity index is 1270. The van der Waals surface area contributed by atoms with E-state index in [-0.39, 0.29) is 23.0 Å². The molecule has 2 N–H and O–H groups in total. The van der Waals surface area contributed by atoms with Gasteiger partial charge < -0.3 is 19.8 Å². The summed E-state index contributed by atoms with van der Waals surface area (Å²) in [6.07, 6.45) is -1.06. The summed E-state index contributed by atoms with van der Waals surface area (Å²) < 4.78 is 35.6. The van der Waals surface area contributed by atoms with Gasteiger partial charge in [-0.15, -0.1) is 8.78 Å². The Morgan fingerprint density at radius 3 is 2.65 bits per heavy atom. The number of anilines is 1. The molecule has 0 unspecified atom stereocenters. The summed E-state index contributed by atoms with van der Waals surface area (Å²) in [6.45, 7) is 1.84. The Kier molecular flexibility index (Phi) is 4.11. The largest absolute Gasteiger partial charge is 0.586 e. The highest BCUT2D eigenvalue weighted by Gasteiger charge is 2.53. The van der Waals surface area contributed by atoms with E-state index in [1.54, 1.807) is 30.3 Å². The number of fused-ring (bicyclic) bond motifs is 1. The smallest absolute Gasteiger partial charge is 0.395 e. The molecule has 1 aromatic carbocycles. The molecule has 1 fully saturated rings. The van der Waals surface area contributed by atoms with Gasteiger partial charge in [0.1, 0.15) is 5.82 Å². The molecule has 1 amide bonds. The van der Waals surface area contributed by atoms with Gasteiger partial charge in [-0.05, 0) is 67.3 Å². The molecule has 0 radical (unpaired) electrons. The summed E-state index contributed by atoms with van der Waals surface area (Å²) in [5.41, 5.74) is 1.07. The van der Waals surface area contributed by atoms with Gasteiger partial charge in [-0.1, -0.05) is 6.07 Å². The van der Waals surface area contributed by atoms with Gasteiger partial charge in [0.2, 0.25) is 5.91 Å². The maximum atomic E-state index is 13.3. The van der Waals surface area contributed by atoms with Crippen LogP contribution in [0.4, 0.5) is 14.6 Å². The fraction of sp³-hybridized carbons (Fsp3) is 0.227. The molecule has 0 spiro atoms. The predicted octanol–water partition coefficient (Wildman–Crippen LogP) is 3.74. The molecule has 158 valence electrons. The van der Waals surface area contributed by atoms with Crippen LogP contribution in [0.3, 0.4) is 0 Å². The monoisotopic (exact) mass is 425 g/mol. The molecule has 9 heteroatoms. The fourth-order valence-electron chi connectivity index (χ4n) is 3.75. The normalized spacial score (nSPS) is 17.3. The summed E-state index contributed by atoms with van der Waals surface area (Å²) in [7, 11) is 0. The van der Waals surface area contributed by atoms with Gasteiger partial charge in [-0.25, -0.2) is 4.98 Å². The first kappa shape index (κ1) is 19.2. The van der Waals surface area contributed by atoms with Crippen LogP contribution in [-0.4, -0.2) is 22.2 Å². The number of ether oxygens (including phenoxy) is 2. The van der Waals surface area contributed by atoms with Gasteiger partial charge in [0, 0.05) is 6.20 Å². The van der Waals surface area contributed by atoms with Crippen LogP contribution in [-0.2, 0) is 10.2 Å². The minimum Gasteiger partial charge on any atom is -0.395 e. The minimum atomic E-state index is -3.71. The molecule has 0 saturated heterocycles. The van der Waals surface area contributed by atoms with E-state index < -0.39 is 11.7 Å². The zero-order valence-electron chi connectivity index (χ0n) is 16.4. The molecule has 1 saturated carbocycles. The second kappa shape index (κ2) is 6.63. The van der Waals surface area contributed by atoms with E-state index in [2.05, 4.69) is 24.8 Å². The van der Waals surface area contributed by atoms with Gasteiger partial charge in [0.05, 0.1) is 16.7 Å². The fourth-order valence-corrected chi connectivity index (χ4v) is 3.75. The van der Waals surface area contributed by atoms with Crippen LogP contribution < -0.4 is 20.3 Å². The number of carbonyl (C=O) groups excluding carboxylic acids is 1. The maximum Gasteiger partial charge on any atom is 0.586 e. The van der Waals surface area contributed by atoms with Crippen molar-refractivity contribution in [1.29, 1.82) is 0 Å². The average Bonchev–Trinajstić information content (AvgIpc) is 3.45. The molecule has 3 aromatic rings.